The van der Waals surface area contributed by atoms with Crippen LogP contribution in [0.2, 0.25) is 0 Å². The first-order valence-corrected chi connectivity index (χ1v) is 5.46. The third kappa shape index (κ3) is 2.94. The van der Waals surface area contributed by atoms with E-state index in [1.807, 2.05) is 0 Å². The molecule has 0 saturated carbocycles. The molecule has 0 aromatic rings. The fourth-order valence-corrected chi connectivity index (χ4v) is 1.33. The highest BCUT2D eigenvalue weighted by molar-refractivity contribution is 7.46. The predicted octanol–water partition coefficient (Wildman–Crippen LogP) is -1.29. The number of esters is 1. The van der Waals surface area contributed by atoms with E-state index in [1.54, 1.807) is 0 Å². The van der Waals surface area contributed by atoms with Crippen LogP contribution in [-0.4, -0.2) is 49.9 Å². The van der Waals surface area contributed by atoms with E-state index >= 15 is 0 Å². The van der Waals surface area contributed by atoms with Gasteiger partial charge in [-0.15, -0.1) is 0 Å². The standard InChI is InChI=1S/C6H9O9P/c7-2(1-14-16(11,12)13)5-3(8)4(9)6(10)15-5/h2,5,7-9H,1H2,(H2,11,12,13)/t2?,5-/m1/s1. The molecule has 92 valence electrons. The minimum Gasteiger partial charge on any atom is -0.505 e. The summed E-state index contributed by atoms with van der Waals surface area (Å²) in [6.07, 6.45) is -3.31. The Morgan fingerprint density at radius 1 is 1.44 bits per heavy atom. The van der Waals surface area contributed by atoms with Crippen LogP contribution in [0.4, 0.5) is 0 Å². The molecule has 5 N–H and O–H groups in total. The molecule has 10 heteroatoms. The van der Waals surface area contributed by atoms with Crippen LogP contribution >= 0.6 is 7.82 Å². The molecular formula is C6H9O9P. The number of aliphatic hydroxyl groups excluding tert-OH is 3. The van der Waals surface area contributed by atoms with Crippen molar-refractivity contribution in [2.75, 3.05) is 6.61 Å². The number of cyclic esters (lactones) is 1. The van der Waals surface area contributed by atoms with E-state index < -0.39 is 44.1 Å². The molecule has 0 fully saturated rings. The van der Waals surface area contributed by atoms with E-state index in [4.69, 9.17) is 20.0 Å². The van der Waals surface area contributed by atoms with Crippen LogP contribution in [0.3, 0.4) is 0 Å². The maximum atomic E-state index is 10.7. The average molecular weight is 256 g/mol. The Morgan fingerprint density at radius 3 is 2.38 bits per heavy atom. The summed E-state index contributed by atoms with van der Waals surface area (Å²) in [6.45, 7) is -0.875. The molecule has 0 amide bonds. The van der Waals surface area contributed by atoms with Gasteiger partial charge in [0.25, 0.3) is 0 Å². The van der Waals surface area contributed by atoms with Crippen LogP contribution in [0, 0.1) is 0 Å². The van der Waals surface area contributed by atoms with Crippen LogP contribution in [0.5, 0.6) is 0 Å². The molecule has 1 heterocycles. The van der Waals surface area contributed by atoms with Gasteiger partial charge in [0.05, 0.1) is 6.61 Å². The normalized spacial score (nSPS) is 23.4. The summed E-state index contributed by atoms with van der Waals surface area (Å²) >= 11 is 0. The average Bonchev–Trinajstić information content (AvgIpc) is 2.41. The van der Waals surface area contributed by atoms with Gasteiger partial charge >= 0.3 is 13.8 Å². The number of hydrogen-bond donors (Lipinski definition) is 5. The van der Waals surface area contributed by atoms with E-state index in [2.05, 4.69) is 9.26 Å². The maximum Gasteiger partial charge on any atom is 0.469 e. The fourth-order valence-electron chi connectivity index (χ4n) is 0.988. The van der Waals surface area contributed by atoms with Crippen molar-refractivity contribution in [1.82, 2.24) is 0 Å². The molecular weight excluding hydrogens is 247 g/mol. The lowest BCUT2D eigenvalue weighted by Crippen LogP contribution is -2.32. The highest BCUT2D eigenvalue weighted by Crippen LogP contribution is 2.36. The van der Waals surface area contributed by atoms with E-state index in [-0.39, 0.29) is 0 Å². The van der Waals surface area contributed by atoms with Crippen molar-refractivity contribution in [2.24, 2.45) is 0 Å². The van der Waals surface area contributed by atoms with E-state index in [0.717, 1.165) is 0 Å². The van der Waals surface area contributed by atoms with Crippen LogP contribution in [0.1, 0.15) is 0 Å². The molecule has 16 heavy (non-hydrogen) atoms. The summed E-state index contributed by atoms with van der Waals surface area (Å²) in [7, 11) is -4.77. The molecule has 1 aliphatic heterocycles. The van der Waals surface area contributed by atoms with E-state index in [1.165, 1.54) is 0 Å². The maximum absolute atomic E-state index is 10.7. The summed E-state index contributed by atoms with van der Waals surface area (Å²) in [5.74, 6) is -3.20. The molecule has 0 spiro atoms. The number of ether oxygens (including phenoxy) is 1. The Kier molecular flexibility index (Phi) is 3.56. The third-order valence-corrected chi connectivity index (χ3v) is 2.19. The first-order valence-electron chi connectivity index (χ1n) is 3.93. The highest BCUT2D eigenvalue weighted by Gasteiger charge is 2.39. The molecule has 1 aliphatic rings. The van der Waals surface area contributed by atoms with Crippen LogP contribution < -0.4 is 0 Å². The zero-order chi connectivity index (χ0) is 12.5. The van der Waals surface area contributed by atoms with Gasteiger partial charge in [0, 0.05) is 0 Å². The molecule has 0 bridgehead atoms. The van der Waals surface area contributed by atoms with Gasteiger partial charge < -0.3 is 29.8 Å². The Morgan fingerprint density at radius 2 is 2.00 bits per heavy atom. The minimum atomic E-state index is -4.77. The zero-order valence-electron chi connectivity index (χ0n) is 7.68. The highest BCUT2D eigenvalue weighted by atomic mass is 31.2. The number of aliphatic hydroxyl groups is 3. The summed E-state index contributed by atoms with van der Waals surface area (Å²) < 4.78 is 18.5. The Bertz CT molecular complexity index is 368. The number of phosphoric acid groups is 1. The second kappa shape index (κ2) is 4.40. The van der Waals surface area contributed by atoms with Gasteiger partial charge in [-0.3, -0.25) is 4.52 Å². The van der Waals surface area contributed by atoms with Crippen molar-refractivity contribution in [1.29, 1.82) is 0 Å². The Hall–Kier alpha value is -1.12. The van der Waals surface area contributed by atoms with Gasteiger partial charge in [0.1, 0.15) is 6.10 Å². The first kappa shape index (κ1) is 12.9. The number of carbonyl (C=O) groups excluding carboxylic acids is 1. The van der Waals surface area contributed by atoms with Crippen molar-refractivity contribution in [3.63, 3.8) is 0 Å². The summed E-state index contributed by atoms with van der Waals surface area (Å²) in [5.41, 5.74) is 0. The van der Waals surface area contributed by atoms with Gasteiger partial charge in [-0.25, -0.2) is 9.36 Å². The second-order valence-corrected chi connectivity index (χ2v) is 4.15. The van der Waals surface area contributed by atoms with E-state index in [9.17, 15) is 14.5 Å². The molecule has 9 nitrogen and oxygen atoms in total. The number of rotatable bonds is 4. The number of carbonyl (C=O) groups is 1. The zero-order valence-corrected chi connectivity index (χ0v) is 8.57. The van der Waals surface area contributed by atoms with Gasteiger partial charge in [-0.1, -0.05) is 0 Å². The van der Waals surface area contributed by atoms with Crippen molar-refractivity contribution in [3.8, 4) is 0 Å². The lowest BCUT2D eigenvalue weighted by Gasteiger charge is -2.17. The quantitative estimate of drug-likeness (QED) is 0.305. The van der Waals surface area contributed by atoms with Crippen LogP contribution in [-0.2, 0) is 18.6 Å². The number of hydrogen-bond acceptors (Lipinski definition) is 7. The van der Waals surface area contributed by atoms with Gasteiger partial charge in [0.2, 0.25) is 5.76 Å². The van der Waals surface area contributed by atoms with Gasteiger partial charge in [-0.2, -0.15) is 0 Å². The molecule has 0 aromatic heterocycles. The van der Waals surface area contributed by atoms with E-state index in [0.29, 0.717) is 0 Å². The Labute approximate surface area is 88.8 Å². The molecule has 0 saturated heterocycles. The second-order valence-electron chi connectivity index (χ2n) is 2.91. The van der Waals surface area contributed by atoms with Gasteiger partial charge in [0.15, 0.2) is 11.9 Å². The molecule has 1 rings (SSSR count). The Balaban J connectivity index is 2.61. The molecule has 0 aliphatic carbocycles. The topological polar surface area (TPSA) is 154 Å². The smallest absolute Gasteiger partial charge is 0.469 e. The van der Waals surface area contributed by atoms with Crippen LogP contribution in [0.15, 0.2) is 11.5 Å². The monoisotopic (exact) mass is 256 g/mol. The van der Waals surface area contributed by atoms with Gasteiger partial charge in [-0.05, 0) is 0 Å². The largest absolute Gasteiger partial charge is 0.505 e. The summed E-state index contributed by atoms with van der Waals surface area (Å²) in [6, 6.07) is 0. The lowest BCUT2D eigenvalue weighted by molar-refractivity contribution is -0.147. The van der Waals surface area contributed by atoms with Crippen molar-refractivity contribution >= 4 is 13.8 Å². The van der Waals surface area contributed by atoms with Crippen molar-refractivity contribution < 1.29 is 43.7 Å². The third-order valence-electron chi connectivity index (χ3n) is 1.70. The summed E-state index contributed by atoms with van der Waals surface area (Å²) in [4.78, 5) is 27.4. The summed E-state index contributed by atoms with van der Waals surface area (Å²) in [5, 5.41) is 27.2. The molecule has 0 radical (unpaired) electrons. The SMILES string of the molecule is O=C1O[C@H](C(O)COP(=O)(O)O)C(O)=C1O. The first-order chi connectivity index (χ1) is 7.22. The van der Waals surface area contributed by atoms with Crippen molar-refractivity contribution in [2.45, 2.75) is 12.2 Å². The lowest BCUT2D eigenvalue weighted by atomic mass is 10.2. The molecule has 1 unspecified atom stereocenters. The predicted molar refractivity (Wildman–Crippen MR) is 46.2 cm³/mol. The molecule has 2 atom stereocenters. The van der Waals surface area contributed by atoms with Crippen LogP contribution in [0.25, 0.3) is 0 Å². The molecule has 0 aromatic carbocycles. The van der Waals surface area contributed by atoms with Crippen molar-refractivity contribution in [3.05, 3.63) is 11.5 Å². The minimum absolute atomic E-state index is 0.875. The fraction of sp³-hybridized carbons (Fsp3) is 0.500. The number of phosphoric ester groups is 1.